The molecule has 0 spiro atoms. The smallest absolute Gasteiger partial charge is 0.246 e. The Morgan fingerprint density at radius 3 is 3.10 bits per heavy atom. The Hall–Kier alpha value is -0.960. The van der Waals surface area contributed by atoms with Gasteiger partial charge >= 0.3 is 0 Å². The van der Waals surface area contributed by atoms with Gasteiger partial charge in [-0.1, -0.05) is 6.92 Å². The molecule has 1 N–H and O–H groups in total. The van der Waals surface area contributed by atoms with Gasteiger partial charge in [-0.3, -0.25) is 4.68 Å². The Bertz CT molecular complexity index is 543. The van der Waals surface area contributed by atoms with Crippen LogP contribution in [-0.4, -0.2) is 61.4 Å². The lowest BCUT2D eigenvalue weighted by Gasteiger charge is -2.20. The lowest BCUT2D eigenvalue weighted by molar-refractivity contribution is 0.0752. The molecule has 1 aliphatic heterocycles. The predicted octanol–water partition coefficient (Wildman–Crippen LogP) is 0.292. The number of ether oxygens (including phenoxy) is 1. The molecule has 1 unspecified atom stereocenters. The fourth-order valence-electron chi connectivity index (χ4n) is 2.29. The number of likely N-dealkylation sites (N-methyl/N-ethyl adjacent to an activating group) is 1. The first-order valence-electron chi connectivity index (χ1n) is 7.39. The molecule has 1 aliphatic rings. The Morgan fingerprint density at radius 1 is 1.52 bits per heavy atom. The van der Waals surface area contributed by atoms with Crippen LogP contribution in [-0.2, 0) is 21.3 Å². The van der Waals surface area contributed by atoms with Crippen LogP contribution in [0.4, 0.5) is 0 Å². The summed E-state index contributed by atoms with van der Waals surface area (Å²) in [5, 5.41) is 7.32. The van der Waals surface area contributed by atoms with Gasteiger partial charge in [-0.05, 0) is 19.9 Å². The van der Waals surface area contributed by atoms with Crippen molar-refractivity contribution in [3.8, 4) is 0 Å². The molecule has 21 heavy (non-hydrogen) atoms. The molecule has 8 heteroatoms. The number of rotatable bonds is 6. The Morgan fingerprint density at radius 2 is 2.33 bits per heavy atom. The fraction of sp³-hybridized carbons (Fsp3) is 0.769. The average Bonchev–Trinajstić information content (AvgIpc) is 2.81. The largest absolute Gasteiger partial charge is 0.377 e. The molecule has 2 heterocycles. The van der Waals surface area contributed by atoms with Crippen molar-refractivity contribution in [2.75, 3.05) is 32.8 Å². The average molecular weight is 316 g/mol. The third-order valence-corrected chi connectivity index (χ3v) is 5.25. The second-order valence-electron chi connectivity index (χ2n) is 5.19. The molecule has 1 saturated heterocycles. The molecule has 1 fully saturated rings. The fourth-order valence-corrected chi connectivity index (χ4v) is 3.80. The maximum atomic E-state index is 12.6. The van der Waals surface area contributed by atoms with Gasteiger partial charge in [-0.25, -0.2) is 8.42 Å². The van der Waals surface area contributed by atoms with Crippen LogP contribution in [0.15, 0.2) is 17.3 Å². The Labute approximate surface area is 126 Å². The van der Waals surface area contributed by atoms with Crippen LogP contribution in [0.5, 0.6) is 0 Å². The van der Waals surface area contributed by atoms with Gasteiger partial charge in [-0.15, -0.1) is 0 Å². The van der Waals surface area contributed by atoms with Crippen LogP contribution in [0.2, 0.25) is 0 Å². The number of hydrogen-bond acceptors (Lipinski definition) is 5. The van der Waals surface area contributed by atoms with Gasteiger partial charge in [-0.2, -0.15) is 9.40 Å². The summed E-state index contributed by atoms with van der Waals surface area (Å²) in [7, 11) is -3.48. The van der Waals surface area contributed by atoms with Crippen LogP contribution >= 0.6 is 0 Å². The Kier molecular flexibility index (Phi) is 5.74. The highest BCUT2D eigenvalue weighted by molar-refractivity contribution is 7.89. The van der Waals surface area contributed by atoms with E-state index >= 15 is 0 Å². The molecule has 0 radical (unpaired) electrons. The van der Waals surface area contributed by atoms with Crippen molar-refractivity contribution in [1.82, 2.24) is 19.4 Å². The minimum Gasteiger partial charge on any atom is -0.377 e. The Balaban J connectivity index is 2.08. The van der Waals surface area contributed by atoms with E-state index in [-0.39, 0.29) is 11.0 Å². The van der Waals surface area contributed by atoms with Crippen molar-refractivity contribution in [3.63, 3.8) is 0 Å². The van der Waals surface area contributed by atoms with E-state index in [1.807, 2.05) is 13.8 Å². The molecular weight excluding hydrogens is 292 g/mol. The third-order valence-electron chi connectivity index (χ3n) is 3.43. The zero-order valence-corrected chi connectivity index (χ0v) is 13.5. The SMILES string of the molecule is CCNCCn1cc(S(=O)(=O)N2CCCOC(C)C2)cn1. The number of sulfonamides is 1. The molecule has 0 saturated carbocycles. The van der Waals surface area contributed by atoms with Crippen molar-refractivity contribution in [2.45, 2.75) is 37.8 Å². The number of hydrogen-bond donors (Lipinski definition) is 1. The summed E-state index contributed by atoms with van der Waals surface area (Å²) in [6, 6.07) is 0. The van der Waals surface area contributed by atoms with Gasteiger partial charge in [0.1, 0.15) is 4.90 Å². The normalized spacial score (nSPS) is 21.3. The summed E-state index contributed by atoms with van der Waals surface area (Å²) in [6.07, 6.45) is 3.67. The minimum absolute atomic E-state index is 0.0777. The second-order valence-corrected chi connectivity index (χ2v) is 7.13. The van der Waals surface area contributed by atoms with Crippen molar-refractivity contribution < 1.29 is 13.2 Å². The van der Waals surface area contributed by atoms with Gasteiger partial charge in [0.25, 0.3) is 0 Å². The van der Waals surface area contributed by atoms with Gasteiger partial charge in [0.2, 0.25) is 10.0 Å². The lowest BCUT2D eigenvalue weighted by Crippen LogP contribution is -2.35. The molecular formula is C13H24N4O3S. The van der Waals surface area contributed by atoms with Crippen molar-refractivity contribution >= 4 is 10.0 Å². The van der Waals surface area contributed by atoms with E-state index in [0.29, 0.717) is 26.2 Å². The standard InChI is InChI=1S/C13H24N4O3S/c1-3-14-5-7-16-11-13(9-15-16)21(18,19)17-6-4-8-20-12(2)10-17/h9,11-12,14H,3-8,10H2,1-2H3. The van der Waals surface area contributed by atoms with Crippen molar-refractivity contribution in [2.24, 2.45) is 0 Å². The monoisotopic (exact) mass is 316 g/mol. The molecule has 0 bridgehead atoms. The van der Waals surface area contributed by atoms with E-state index in [9.17, 15) is 8.42 Å². The summed E-state index contributed by atoms with van der Waals surface area (Å²) in [4.78, 5) is 0.257. The summed E-state index contributed by atoms with van der Waals surface area (Å²) in [5.41, 5.74) is 0. The summed E-state index contributed by atoms with van der Waals surface area (Å²) in [5.74, 6) is 0. The molecule has 0 aromatic carbocycles. The molecule has 0 amide bonds. The second kappa shape index (κ2) is 7.35. The molecule has 1 aromatic rings. The summed E-state index contributed by atoms with van der Waals surface area (Å²) in [6.45, 7) is 7.73. The van der Waals surface area contributed by atoms with Crippen LogP contribution in [0.1, 0.15) is 20.3 Å². The first-order valence-corrected chi connectivity index (χ1v) is 8.83. The highest BCUT2D eigenvalue weighted by atomic mass is 32.2. The number of nitrogens with one attached hydrogen (secondary N) is 1. The number of nitrogens with zero attached hydrogens (tertiary/aromatic N) is 3. The topological polar surface area (TPSA) is 76.5 Å². The van der Waals surface area contributed by atoms with E-state index < -0.39 is 10.0 Å². The van der Waals surface area contributed by atoms with Gasteiger partial charge in [0.15, 0.2) is 0 Å². The van der Waals surface area contributed by atoms with E-state index in [4.69, 9.17) is 4.74 Å². The minimum atomic E-state index is -3.48. The van der Waals surface area contributed by atoms with E-state index in [0.717, 1.165) is 19.5 Å². The first-order chi connectivity index (χ1) is 10.0. The van der Waals surface area contributed by atoms with Crippen molar-refractivity contribution in [1.29, 1.82) is 0 Å². The lowest BCUT2D eigenvalue weighted by atomic mass is 10.4. The van der Waals surface area contributed by atoms with Crippen LogP contribution in [0.25, 0.3) is 0 Å². The van der Waals surface area contributed by atoms with Gasteiger partial charge in [0.05, 0.1) is 18.8 Å². The van der Waals surface area contributed by atoms with Crippen LogP contribution < -0.4 is 5.32 Å². The quantitative estimate of drug-likeness (QED) is 0.764. The summed E-state index contributed by atoms with van der Waals surface area (Å²) < 4.78 is 33.9. The van der Waals surface area contributed by atoms with Crippen molar-refractivity contribution in [3.05, 3.63) is 12.4 Å². The molecule has 1 atom stereocenters. The van der Waals surface area contributed by atoms with Crippen LogP contribution in [0, 0.1) is 0 Å². The highest BCUT2D eigenvalue weighted by Gasteiger charge is 2.28. The molecule has 0 aliphatic carbocycles. The molecule has 7 nitrogen and oxygen atoms in total. The summed E-state index contributed by atoms with van der Waals surface area (Å²) >= 11 is 0. The molecule has 120 valence electrons. The van der Waals surface area contributed by atoms with E-state index in [1.165, 1.54) is 10.5 Å². The maximum absolute atomic E-state index is 12.6. The molecule has 1 aromatic heterocycles. The molecule has 2 rings (SSSR count). The zero-order chi connectivity index (χ0) is 15.3. The zero-order valence-electron chi connectivity index (χ0n) is 12.7. The van der Waals surface area contributed by atoms with Gasteiger partial charge in [0, 0.05) is 32.4 Å². The van der Waals surface area contributed by atoms with E-state index in [1.54, 1.807) is 10.9 Å². The number of aromatic nitrogens is 2. The van der Waals surface area contributed by atoms with Gasteiger partial charge < -0.3 is 10.1 Å². The van der Waals surface area contributed by atoms with Crippen LogP contribution in [0.3, 0.4) is 0 Å². The first kappa shape index (κ1) is 16.4. The third kappa shape index (κ3) is 4.26. The van der Waals surface area contributed by atoms with E-state index in [2.05, 4.69) is 10.4 Å². The maximum Gasteiger partial charge on any atom is 0.246 e. The highest BCUT2D eigenvalue weighted by Crippen LogP contribution is 2.18. The predicted molar refractivity (Wildman–Crippen MR) is 79.6 cm³/mol.